The third-order valence-electron chi connectivity index (χ3n) is 2.63. The van der Waals surface area contributed by atoms with E-state index in [0.717, 1.165) is 12.3 Å². The number of ether oxygens (including phenoxy) is 1. The van der Waals surface area contributed by atoms with Crippen LogP contribution < -0.4 is 11.1 Å². The van der Waals surface area contributed by atoms with Gasteiger partial charge in [0.25, 0.3) is 0 Å². The van der Waals surface area contributed by atoms with Gasteiger partial charge in [-0.25, -0.2) is 4.79 Å². The zero-order chi connectivity index (χ0) is 12.2. The van der Waals surface area contributed by atoms with Crippen LogP contribution >= 0.6 is 0 Å². The molecule has 1 unspecified atom stereocenters. The van der Waals surface area contributed by atoms with Gasteiger partial charge in [-0.15, -0.1) is 0 Å². The number of amides is 1. The van der Waals surface area contributed by atoms with Gasteiger partial charge in [-0.1, -0.05) is 12.8 Å². The number of nitrogens with two attached hydrogens (primary N) is 1. The van der Waals surface area contributed by atoms with Crippen LogP contribution in [0.25, 0.3) is 0 Å². The molecule has 0 radical (unpaired) electrons. The van der Waals surface area contributed by atoms with Crippen molar-refractivity contribution >= 4 is 6.09 Å². The van der Waals surface area contributed by atoms with E-state index >= 15 is 0 Å². The summed E-state index contributed by atoms with van der Waals surface area (Å²) in [7, 11) is 0. The summed E-state index contributed by atoms with van der Waals surface area (Å²) in [5.74, 6) is 1.23. The Kier molecular flexibility index (Phi) is 4.59. The average Bonchev–Trinajstić information content (AvgIpc) is 2.92. The summed E-state index contributed by atoms with van der Waals surface area (Å²) >= 11 is 0. The van der Waals surface area contributed by atoms with Gasteiger partial charge in [-0.05, 0) is 45.6 Å². The summed E-state index contributed by atoms with van der Waals surface area (Å²) in [6.45, 7) is 6.83. The molecule has 1 aliphatic rings. The van der Waals surface area contributed by atoms with Crippen LogP contribution in [0.5, 0.6) is 0 Å². The minimum atomic E-state index is -0.432. The van der Waals surface area contributed by atoms with Crippen LogP contribution in [0.4, 0.5) is 4.79 Å². The van der Waals surface area contributed by atoms with Crippen molar-refractivity contribution in [1.29, 1.82) is 0 Å². The maximum absolute atomic E-state index is 11.4. The Morgan fingerprint density at radius 3 is 2.56 bits per heavy atom. The Balaban J connectivity index is 2.17. The van der Waals surface area contributed by atoms with E-state index in [1.807, 2.05) is 20.8 Å². The minimum absolute atomic E-state index is 0.346. The first-order chi connectivity index (χ1) is 7.40. The van der Waals surface area contributed by atoms with E-state index in [0.29, 0.717) is 19.0 Å². The molecule has 0 heterocycles. The van der Waals surface area contributed by atoms with Gasteiger partial charge < -0.3 is 15.8 Å². The smallest absolute Gasteiger partial charge is 0.407 e. The van der Waals surface area contributed by atoms with Gasteiger partial charge in [-0.3, -0.25) is 0 Å². The lowest BCUT2D eigenvalue weighted by atomic mass is 10.0. The fraction of sp³-hybridized carbons (Fsp3) is 0.917. The molecule has 1 atom stereocenters. The van der Waals surface area contributed by atoms with Crippen LogP contribution in [-0.2, 0) is 4.74 Å². The highest BCUT2D eigenvalue weighted by Gasteiger charge is 2.25. The molecule has 0 aromatic heterocycles. The van der Waals surface area contributed by atoms with Gasteiger partial charge in [0.1, 0.15) is 5.60 Å². The molecule has 0 bridgehead atoms. The van der Waals surface area contributed by atoms with Crippen molar-refractivity contribution < 1.29 is 9.53 Å². The molecule has 1 aliphatic carbocycles. The minimum Gasteiger partial charge on any atom is -0.444 e. The van der Waals surface area contributed by atoms with E-state index in [9.17, 15) is 4.79 Å². The number of alkyl carbamates (subject to hydrolysis) is 1. The summed E-state index contributed by atoms with van der Waals surface area (Å²) in [5.41, 5.74) is 5.24. The zero-order valence-corrected chi connectivity index (χ0v) is 10.6. The highest BCUT2D eigenvalue weighted by molar-refractivity contribution is 5.67. The number of rotatable bonds is 5. The average molecular weight is 228 g/mol. The fourth-order valence-corrected chi connectivity index (χ4v) is 1.63. The van der Waals surface area contributed by atoms with Crippen molar-refractivity contribution in [3.05, 3.63) is 0 Å². The van der Waals surface area contributed by atoms with Crippen molar-refractivity contribution in [3.8, 4) is 0 Å². The Morgan fingerprint density at radius 1 is 1.50 bits per heavy atom. The molecular formula is C12H24N2O2. The number of hydrogen-bond donors (Lipinski definition) is 2. The lowest BCUT2D eigenvalue weighted by molar-refractivity contribution is 0.0518. The highest BCUT2D eigenvalue weighted by Crippen LogP contribution is 2.34. The summed E-state index contributed by atoms with van der Waals surface area (Å²) in [6, 6.07) is 0. The predicted octanol–water partition coefficient (Wildman–Crippen LogP) is 1.89. The molecule has 94 valence electrons. The molecule has 4 heteroatoms. The van der Waals surface area contributed by atoms with Crippen LogP contribution in [-0.4, -0.2) is 24.8 Å². The van der Waals surface area contributed by atoms with Gasteiger partial charge in [-0.2, -0.15) is 0 Å². The predicted molar refractivity (Wildman–Crippen MR) is 64.1 cm³/mol. The van der Waals surface area contributed by atoms with Gasteiger partial charge in [0.05, 0.1) is 0 Å². The normalized spacial score (nSPS) is 18.0. The van der Waals surface area contributed by atoms with Crippen molar-refractivity contribution in [3.63, 3.8) is 0 Å². The van der Waals surface area contributed by atoms with E-state index < -0.39 is 5.60 Å². The second-order valence-electron chi connectivity index (χ2n) is 5.66. The summed E-state index contributed by atoms with van der Waals surface area (Å²) < 4.78 is 5.16. The topological polar surface area (TPSA) is 64.3 Å². The fourth-order valence-electron chi connectivity index (χ4n) is 1.63. The maximum atomic E-state index is 11.4. The molecule has 3 N–H and O–H groups in total. The Bertz CT molecular complexity index is 232. The van der Waals surface area contributed by atoms with Crippen LogP contribution in [0.15, 0.2) is 0 Å². The zero-order valence-electron chi connectivity index (χ0n) is 10.6. The molecule has 1 rings (SSSR count). The molecule has 0 spiro atoms. The second kappa shape index (κ2) is 5.53. The van der Waals surface area contributed by atoms with Gasteiger partial charge in [0, 0.05) is 6.54 Å². The molecule has 1 fully saturated rings. The van der Waals surface area contributed by atoms with Crippen molar-refractivity contribution in [2.24, 2.45) is 17.6 Å². The Hall–Kier alpha value is -0.770. The van der Waals surface area contributed by atoms with E-state index in [2.05, 4.69) is 5.32 Å². The third kappa shape index (κ3) is 5.95. The molecule has 0 aliphatic heterocycles. The highest BCUT2D eigenvalue weighted by atomic mass is 16.6. The Morgan fingerprint density at radius 2 is 2.12 bits per heavy atom. The summed E-state index contributed by atoms with van der Waals surface area (Å²) in [6.07, 6.45) is 3.43. The summed E-state index contributed by atoms with van der Waals surface area (Å²) in [5, 5.41) is 2.78. The van der Waals surface area contributed by atoms with E-state index in [1.165, 1.54) is 12.8 Å². The van der Waals surface area contributed by atoms with Crippen LogP contribution in [0.3, 0.4) is 0 Å². The quantitative estimate of drug-likeness (QED) is 0.755. The number of carbonyl (C=O) groups excluding carboxylic acids is 1. The van der Waals surface area contributed by atoms with Crippen LogP contribution in [0, 0.1) is 11.8 Å². The first-order valence-electron chi connectivity index (χ1n) is 6.07. The molecule has 16 heavy (non-hydrogen) atoms. The van der Waals surface area contributed by atoms with E-state index in [4.69, 9.17) is 10.5 Å². The maximum Gasteiger partial charge on any atom is 0.407 e. The van der Waals surface area contributed by atoms with E-state index in [-0.39, 0.29) is 6.09 Å². The SMILES string of the molecule is CC(C)(C)OC(=O)NCC(CN)CC1CC1. The molecule has 0 aromatic rings. The monoisotopic (exact) mass is 228 g/mol. The van der Waals surface area contributed by atoms with Gasteiger partial charge >= 0.3 is 6.09 Å². The lowest BCUT2D eigenvalue weighted by Crippen LogP contribution is -2.37. The molecule has 0 aromatic carbocycles. The second-order valence-corrected chi connectivity index (χ2v) is 5.66. The van der Waals surface area contributed by atoms with Crippen molar-refractivity contribution in [2.45, 2.75) is 45.6 Å². The van der Waals surface area contributed by atoms with Crippen molar-refractivity contribution in [1.82, 2.24) is 5.32 Å². The van der Waals surface area contributed by atoms with Crippen molar-refractivity contribution in [2.75, 3.05) is 13.1 Å². The first-order valence-corrected chi connectivity index (χ1v) is 6.07. The number of hydrogen-bond acceptors (Lipinski definition) is 3. The molecule has 1 saturated carbocycles. The standard InChI is InChI=1S/C12H24N2O2/c1-12(2,3)16-11(15)14-8-10(7-13)6-9-4-5-9/h9-10H,4-8,13H2,1-3H3,(H,14,15). The number of nitrogens with one attached hydrogen (secondary N) is 1. The molecule has 1 amide bonds. The van der Waals surface area contributed by atoms with Crippen LogP contribution in [0.2, 0.25) is 0 Å². The largest absolute Gasteiger partial charge is 0.444 e. The van der Waals surface area contributed by atoms with E-state index in [1.54, 1.807) is 0 Å². The molecule has 0 saturated heterocycles. The van der Waals surface area contributed by atoms with Gasteiger partial charge in [0.15, 0.2) is 0 Å². The lowest BCUT2D eigenvalue weighted by Gasteiger charge is -2.21. The van der Waals surface area contributed by atoms with Crippen LogP contribution in [0.1, 0.15) is 40.0 Å². The third-order valence-corrected chi connectivity index (χ3v) is 2.63. The summed E-state index contributed by atoms with van der Waals surface area (Å²) in [4.78, 5) is 11.4. The molecular weight excluding hydrogens is 204 g/mol. The number of carbonyl (C=O) groups is 1. The Labute approximate surface area is 97.9 Å². The molecule has 4 nitrogen and oxygen atoms in total. The first kappa shape index (κ1) is 13.3. The van der Waals surface area contributed by atoms with Gasteiger partial charge in [0.2, 0.25) is 0 Å².